The van der Waals surface area contributed by atoms with Crippen molar-refractivity contribution in [1.29, 1.82) is 0 Å². The van der Waals surface area contributed by atoms with Crippen molar-refractivity contribution in [2.75, 3.05) is 35.5 Å². The summed E-state index contributed by atoms with van der Waals surface area (Å²) in [6.45, 7) is 0. The maximum absolute atomic E-state index is 13.0. The SMILES string of the molecule is COc1ccc(OC)c(C(=O)c2cc(OC)c(OC)cc2OC)c1. The van der Waals surface area contributed by atoms with E-state index in [1.807, 2.05) is 0 Å². The summed E-state index contributed by atoms with van der Waals surface area (Å²) >= 11 is 0. The quantitative estimate of drug-likeness (QED) is 0.727. The summed E-state index contributed by atoms with van der Waals surface area (Å²) in [5.74, 6) is 2.01. The summed E-state index contributed by atoms with van der Waals surface area (Å²) in [5, 5.41) is 0. The second-order valence-electron chi connectivity index (χ2n) is 4.80. The van der Waals surface area contributed by atoms with Crippen LogP contribution in [-0.2, 0) is 0 Å². The Labute approximate surface area is 140 Å². The average molecular weight is 332 g/mol. The molecule has 6 heteroatoms. The zero-order valence-corrected chi connectivity index (χ0v) is 14.3. The first kappa shape index (κ1) is 17.5. The zero-order chi connectivity index (χ0) is 17.7. The van der Waals surface area contributed by atoms with E-state index < -0.39 is 0 Å². The number of carbonyl (C=O) groups excluding carboxylic acids is 1. The van der Waals surface area contributed by atoms with Crippen LogP contribution in [0.1, 0.15) is 15.9 Å². The normalized spacial score (nSPS) is 10.0. The number of benzene rings is 2. The zero-order valence-electron chi connectivity index (χ0n) is 14.3. The molecule has 0 amide bonds. The minimum atomic E-state index is -0.274. The minimum Gasteiger partial charge on any atom is -0.497 e. The molecule has 0 atom stereocenters. The van der Waals surface area contributed by atoms with Gasteiger partial charge in [-0.2, -0.15) is 0 Å². The molecule has 0 radical (unpaired) electrons. The molecule has 0 saturated carbocycles. The van der Waals surface area contributed by atoms with Gasteiger partial charge in [0.05, 0.1) is 46.7 Å². The van der Waals surface area contributed by atoms with Crippen LogP contribution in [0, 0.1) is 0 Å². The van der Waals surface area contributed by atoms with Crippen molar-refractivity contribution in [3.05, 3.63) is 41.5 Å². The Bertz CT molecular complexity index is 739. The third-order valence-corrected chi connectivity index (χ3v) is 3.60. The van der Waals surface area contributed by atoms with Crippen LogP contribution in [0.3, 0.4) is 0 Å². The molecule has 128 valence electrons. The Hall–Kier alpha value is -2.89. The van der Waals surface area contributed by atoms with Crippen molar-refractivity contribution in [2.45, 2.75) is 0 Å². The molecule has 0 fully saturated rings. The van der Waals surface area contributed by atoms with Crippen LogP contribution in [0.25, 0.3) is 0 Å². The molecule has 0 N–H and O–H groups in total. The number of carbonyl (C=O) groups is 1. The average Bonchev–Trinajstić information content (AvgIpc) is 2.65. The van der Waals surface area contributed by atoms with E-state index in [2.05, 4.69) is 0 Å². The molecule has 0 heterocycles. The lowest BCUT2D eigenvalue weighted by atomic mass is 10.0. The highest BCUT2D eigenvalue weighted by atomic mass is 16.5. The highest BCUT2D eigenvalue weighted by Crippen LogP contribution is 2.37. The van der Waals surface area contributed by atoms with Crippen molar-refractivity contribution in [2.24, 2.45) is 0 Å². The Morgan fingerprint density at radius 2 is 1.17 bits per heavy atom. The van der Waals surface area contributed by atoms with E-state index in [1.165, 1.54) is 35.5 Å². The second kappa shape index (κ2) is 7.59. The summed E-state index contributed by atoms with van der Waals surface area (Å²) in [5.41, 5.74) is 0.698. The first-order valence-corrected chi connectivity index (χ1v) is 7.16. The van der Waals surface area contributed by atoms with Crippen molar-refractivity contribution >= 4 is 5.78 Å². The molecule has 2 aromatic carbocycles. The fourth-order valence-electron chi connectivity index (χ4n) is 2.34. The molecule has 2 aromatic rings. The molecular formula is C18H20O6. The van der Waals surface area contributed by atoms with Gasteiger partial charge in [0.25, 0.3) is 0 Å². The Morgan fingerprint density at radius 1 is 0.625 bits per heavy atom. The van der Waals surface area contributed by atoms with Crippen LogP contribution in [0.4, 0.5) is 0 Å². The predicted octanol–water partition coefficient (Wildman–Crippen LogP) is 2.96. The van der Waals surface area contributed by atoms with Gasteiger partial charge in [0.1, 0.15) is 17.2 Å². The molecule has 0 saturated heterocycles. The summed E-state index contributed by atoms with van der Waals surface area (Å²) in [6, 6.07) is 8.22. The molecule has 0 aliphatic carbocycles. The maximum Gasteiger partial charge on any atom is 0.200 e. The van der Waals surface area contributed by atoms with Crippen LogP contribution in [0.2, 0.25) is 0 Å². The van der Waals surface area contributed by atoms with E-state index in [1.54, 1.807) is 30.3 Å². The topological polar surface area (TPSA) is 63.2 Å². The van der Waals surface area contributed by atoms with Crippen LogP contribution in [-0.4, -0.2) is 41.3 Å². The molecule has 2 rings (SSSR count). The minimum absolute atomic E-state index is 0.274. The summed E-state index contributed by atoms with van der Waals surface area (Å²) < 4.78 is 26.3. The van der Waals surface area contributed by atoms with E-state index in [0.717, 1.165) is 0 Å². The largest absolute Gasteiger partial charge is 0.497 e. The van der Waals surface area contributed by atoms with Gasteiger partial charge in [-0.3, -0.25) is 4.79 Å². The van der Waals surface area contributed by atoms with Gasteiger partial charge in [-0.1, -0.05) is 0 Å². The lowest BCUT2D eigenvalue weighted by molar-refractivity contribution is 0.103. The number of ketones is 1. The van der Waals surface area contributed by atoms with Crippen LogP contribution >= 0.6 is 0 Å². The van der Waals surface area contributed by atoms with Crippen LogP contribution in [0.15, 0.2) is 30.3 Å². The van der Waals surface area contributed by atoms with Gasteiger partial charge < -0.3 is 23.7 Å². The molecule has 24 heavy (non-hydrogen) atoms. The maximum atomic E-state index is 13.0. The van der Waals surface area contributed by atoms with Gasteiger partial charge in [-0.25, -0.2) is 0 Å². The summed E-state index contributed by atoms with van der Waals surface area (Å²) in [7, 11) is 7.55. The number of hydrogen-bond donors (Lipinski definition) is 0. The van der Waals surface area contributed by atoms with Crippen molar-refractivity contribution in [3.63, 3.8) is 0 Å². The van der Waals surface area contributed by atoms with E-state index in [-0.39, 0.29) is 5.78 Å². The standard InChI is InChI=1S/C18H20O6/c1-20-11-6-7-14(21-2)12(8-11)18(19)13-9-16(23-4)17(24-5)10-15(13)22-3/h6-10H,1-5H3. The molecule has 6 nitrogen and oxygen atoms in total. The van der Waals surface area contributed by atoms with Gasteiger partial charge in [-0.15, -0.1) is 0 Å². The smallest absolute Gasteiger partial charge is 0.200 e. The van der Waals surface area contributed by atoms with Crippen LogP contribution in [0.5, 0.6) is 28.7 Å². The molecular weight excluding hydrogens is 312 g/mol. The van der Waals surface area contributed by atoms with Gasteiger partial charge in [0.15, 0.2) is 11.5 Å². The molecule has 0 aliphatic heterocycles. The fourth-order valence-corrected chi connectivity index (χ4v) is 2.34. The van der Waals surface area contributed by atoms with Gasteiger partial charge in [-0.05, 0) is 24.3 Å². The molecule has 0 spiro atoms. The van der Waals surface area contributed by atoms with E-state index >= 15 is 0 Å². The van der Waals surface area contributed by atoms with Gasteiger partial charge >= 0.3 is 0 Å². The molecule has 0 unspecified atom stereocenters. The van der Waals surface area contributed by atoms with Crippen LogP contribution < -0.4 is 23.7 Å². The first-order valence-electron chi connectivity index (χ1n) is 7.16. The third kappa shape index (κ3) is 3.22. The Balaban J connectivity index is 2.61. The Morgan fingerprint density at radius 3 is 1.71 bits per heavy atom. The number of methoxy groups -OCH3 is 5. The Kier molecular flexibility index (Phi) is 5.52. The van der Waals surface area contributed by atoms with E-state index in [4.69, 9.17) is 23.7 Å². The van der Waals surface area contributed by atoms with Gasteiger partial charge in [0.2, 0.25) is 5.78 Å². The molecule has 0 bridgehead atoms. The number of ether oxygens (including phenoxy) is 5. The molecule has 0 aliphatic rings. The predicted molar refractivity (Wildman–Crippen MR) is 89.1 cm³/mol. The molecule has 0 aromatic heterocycles. The summed E-state index contributed by atoms with van der Waals surface area (Å²) in [6.07, 6.45) is 0. The lowest BCUT2D eigenvalue weighted by Gasteiger charge is -2.15. The second-order valence-corrected chi connectivity index (χ2v) is 4.80. The summed E-state index contributed by atoms with van der Waals surface area (Å²) in [4.78, 5) is 13.0. The van der Waals surface area contributed by atoms with Crippen molar-refractivity contribution in [3.8, 4) is 28.7 Å². The highest BCUT2D eigenvalue weighted by Gasteiger charge is 2.22. The van der Waals surface area contributed by atoms with Crippen molar-refractivity contribution < 1.29 is 28.5 Å². The van der Waals surface area contributed by atoms with E-state index in [0.29, 0.717) is 39.9 Å². The number of rotatable bonds is 7. The lowest BCUT2D eigenvalue weighted by Crippen LogP contribution is -2.07. The van der Waals surface area contributed by atoms with E-state index in [9.17, 15) is 4.79 Å². The van der Waals surface area contributed by atoms with Crippen molar-refractivity contribution in [1.82, 2.24) is 0 Å². The van der Waals surface area contributed by atoms with Gasteiger partial charge in [0, 0.05) is 6.07 Å². The first-order chi connectivity index (χ1) is 11.6. The monoisotopic (exact) mass is 332 g/mol. The highest BCUT2D eigenvalue weighted by molar-refractivity contribution is 6.13. The third-order valence-electron chi connectivity index (χ3n) is 3.60. The fraction of sp³-hybridized carbons (Fsp3) is 0.278. The number of hydrogen-bond acceptors (Lipinski definition) is 6.